The lowest BCUT2D eigenvalue weighted by Crippen LogP contribution is -1.97. The molecule has 0 fully saturated rings. The van der Waals surface area contributed by atoms with Crippen molar-refractivity contribution in [1.82, 2.24) is 9.97 Å². The van der Waals surface area contributed by atoms with E-state index in [1.165, 1.54) is 36.7 Å². The Hall–Kier alpha value is -3.19. The van der Waals surface area contributed by atoms with Crippen molar-refractivity contribution in [2.45, 2.75) is 0 Å². The number of ether oxygens (including phenoxy) is 1. The molecule has 124 valence electrons. The number of phenols is 1. The molecule has 1 aliphatic rings. The summed E-state index contributed by atoms with van der Waals surface area (Å²) >= 11 is 5.80. The van der Waals surface area contributed by atoms with Gasteiger partial charge in [-0.15, -0.1) is 0 Å². The lowest BCUT2D eigenvalue weighted by atomic mass is 10.2. The summed E-state index contributed by atoms with van der Waals surface area (Å²) in [5.74, 6) is 0.596. The van der Waals surface area contributed by atoms with Crippen molar-refractivity contribution in [3.63, 3.8) is 0 Å². The number of aromatic hydroxyl groups is 1. The van der Waals surface area contributed by atoms with Gasteiger partial charge in [-0.3, -0.25) is 0 Å². The summed E-state index contributed by atoms with van der Waals surface area (Å²) in [6.45, 7) is 0. The van der Waals surface area contributed by atoms with Crippen molar-refractivity contribution in [3.8, 4) is 17.4 Å². The van der Waals surface area contributed by atoms with Crippen LogP contribution in [-0.4, -0.2) is 21.3 Å². The van der Waals surface area contributed by atoms with Crippen LogP contribution in [0.2, 0.25) is 5.02 Å². The fourth-order valence-corrected chi connectivity index (χ4v) is 2.49. The minimum Gasteiger partial charge on any atom is -0.508 e. The number of rotatable bonds is 2. The summed E-state index contributed by atoms with van der Waals surface area (Å²) in [5, 5.41) is 12.6. The minimum absolute atomic E-state index is 0.00669. The summed E-state index contributed by atoms with van der Waals surface area (Å²) in [6, 6.07) is 8.92. The van der Waals surface area contributed by atoms with Crippen LogP contribution in [0.15, 0.2) is 47.7 Å². The van der Waals surface area contributed by atoms with Crippen molar-refractivity contribution in [2.75, 3.05) is 5.32 Å². The predicted molar refractivity (Wildman–Crippen MR) is 92.2 cm³/mol. The average molecular weight is 357 g/mol. The Morgan fingerprint density at radius 3 is 2.84 bits per heavy atom. The van der Waals surface area contributed by atoms with Crippen LogP contribution in [0.5, 0.6) is 17.4 Å². The van der Waals surface area contributed by atoms with Gasteiger partial charge in [0, 0.05) is 23.5 Å². The highest BCUT2D eigenvalue weighted by Crippen LogP contribution is 2.40. The van der Waals surface area contributed by atoms with Crippen LogP contribution in [0.25, 0.3) is 0 Å². The Labute approximate surface area is 146 Å². The highest BCUT2D eigenvalue weighted by Gasteiger charge is 2.18. The Balaban J connectivity index is 1.74. The van der Waals surface area contributed by atoms with Crippen LogP contribution < -0.4 is 10.1 Å². The molecule has 0 unspecified atom stereocenters. The van der Waals surface area contributed by atoms with E-state index in [0.717, 1.165) is 0 Å². The molecule has 25 heavy (non-hydrogen) atoms. The van der Waals surface area contributed by atoms with Gasteiger partial charge in [0.25, 0.3) is 5.88 Å². The second-order valence-corrected chi connectivity index (χ2v) is 5.62. The number of hydrogen-bond acceptors (Lipinski definition) is 6. The number of fused-ring (bicyclic) bond motifs is 2. The van der Waals surface area contributed by atoms with E-state index in [-0.39, 0.29) is 16.7 Å². The fourth-order valence-electron chi connectivity index (χ4n) is 2.31. The molecule has 0 bridgehead atoms. The Morgan fingerprint density at radius 2 is 2.00 bits per heavy atom. The smallest absolute Gasteiger partial charge is 0.250 e. The van der Waals surface area contributed by atoms with E-state index in [9.17, 15) is 9.50 Å². The largest absolute Gasteiger partial charge is 0.508 e. The predicted octanol–water partition coefficient (Wildman–Crippen LogP) is 4.57. The normalized spacial score (nSPS) is 11.9. The van der Waals surface area contributed by atoms with E-state index < -0.39 is 5.82 Å². The molecular weight excluding hydrogens is 347 g/mol. The topological polar surface area (TPSA) is 79.6 Å². The van der Waals surface area contributed by atoms with E-state index in [2.05, 4.69) is 20.3 Å². The third kappa shape index (κ3) is 2.97. The fraction of sp³-hybridized carbons (Fsp3) is 0. The van der Waals surface area contributed by atoms with Gasteiger partial charge in [0.2, 0.25) is 0 Å². The summed E-state index contributed by atoms with van der Waals surface area (Å²) in [5.41, 5.74) is 1.60. The molecular formula is C17H10ClFN4O2. The van der Waals surface area contributed by atoms with Crippen LogP contribution >= 0.6 is 11.6 Å². The number of nitrogens with one attached hydrogen (secondary N) is 1. The van der Waals surface area contributed by atoms with Crippen LogP contribution in [0.1, 0.15) is 5.56 Å². The van der Waals surface area contributed by atoms with Crippen molar-refractivity contribution >= 4 is 35.0 Å². The molecule has 0 amide bonds. The molecule has 0 atom stereocenters. The molecule has 4 rings (SSSR count). The molecule has 2 N–H and O–H groups in total. The van der Waals surface area contributed by atoms with E-state index in [1.54, 1.807) is 12.3 Å². The van der Waals surface area contributed by atoms with Gasteiger partial charge in [0.15, 0.2) is 11.5 Å². The first-order valence-electron chi connectivity index (χ1n) is 7.22. The lowest BCUT2D eigenvalue weighted by Gasteiger charge is -2.11. The number of halogens is 2. The Bertz CT molecular complexity index is 1010. The molecule has 0 aliphatic carbocycles. The minimum atomic E-state index is -0.509. The molecule has 0 saturated heterocycles. The van der Waals surface area contributed by atoms with Crippen molar-refractivity contribution < 1.29 is 14.2 Å². The standard InChI is InChI=1S/C17H10ClFN4O2/c18-12-5-10(2-4-13(12)19)23-16-15-17(22-8-21-16)25-14-6-11(24)3-1-9(14)7-20-15/h1-8,24H,(H,21,22,23). The van der Waals surface area contributed by atoms with E-state index in [4.69, 9.17) is 16.3 Å². The quantitative estimate of drug-likeness (QED) is 0.549. The number of phenolic OH excluding ortho intramolecular Hbond substituents is 1. The third-order valence-corrected chi connectivity index (χ3v) is 3.80. The lowest BCUT2D eigenvalue weighted by molar-refractivity contribution is 0.446. The molecule has 0 spiro atoms. The zero-order chi connectivity index (χ0) is 17.4. The molecule has 2 heterocycles. The summed E-state index contributed by atoms with van der Waals surface area (Å²) in [4.78, 5) is 12.6. The van der Waals surface area contributed by atoms with Crippen LogP contribution in [0.3, 0.4) is 0 Å². The molecule has 2 aromatic carbocycles. The first kappa shape index (κ1) is 15.3. The molecule has 8 heteroatoms. The van der Waals surface area contributed by atoms with Crippen molar-refractivity contribution in [1.29, 1.82) is 0 Å². The van der Waals surface area contributed by atoms with Gasteiger partial charge in [-0.25, -0.2) is 14.4 Å². The first-order valence-corrected chi connectivity index (χ1v) is 7.60. The average Bonchev–Trinajstić information content (AvgIpc) is 2.77. The maximum Gasteiger partial charge on any atom is 0.250 e. The number of aromatic nitrogens is 2. The maximum atomic E-state index is 13.3. The molecule has 0 saturated carbocycles. The summed E-state index contributed by atoms with van der Waals surface area (Å²) < 4.78 is 19.0. The first-order chi connectivity index (χ1) is 12.1. The number of aliphatic imine (C=N–C) groups is 1. The van der Waals surface area contributed by atoms with Gasteiger partial charge in [0.05, 0.1) is 5.02 Å². The monoisotopic (exact) mass is 356 g/mol. The van der Waals surface area contributed by atoms with Crippen LogP contribution in [0.4, 0.5) is 21.6 Å². The van der Waals surface area contributed by atoms with E-state index in [0.29, 0.717) is 28.5 Å². The second-order valence-electron chi connectivity index (χ2n) is 5.21. The molecule has 6 nitrogen and oxygen atoms in total. The van der Waals surface area contributed by atoms with Gasteiger partial charge in [-0.05, 0) is 30.3 Å². The van der Waals surface area contributed by atoms with Gasteiger partial charge >= 0.3 is 0 Å². The van der Waals surface area contributed by atoms with Gasteiger partial charge in [-0.2, -0.15) is 4.98 Å². The molecule has 1 aromatic heterocycles. The van der Waals surface area contributed by atoms with Gasteiger partial charge in [0.1, 0.15) is 23.6 Å². The SMILES string of the molecule is Oc1ccc2c(c1)Oc1ncnc(Nc3ccc(F)c(Cl)c3)c1N=C2. The van der Waals surface area contributed by atoms with Crippen molar-refractivity contribution in [3.05, 3.63) is 59.1 Å². The maximum absolute atomic E-state index is 13.3. The number of nitrogens with zero attached hydrogens (tertiary/aromatic N) is 3. The zero-order valence-corrected chi connectivity index (χ0v) is 13.3. The van der Waals surface area contributed by atoms with E-state index in [1.807, 2.05) is 0 Å². The van der Waals surface area contributed by atoms with Gasteiger partial charge < -0.3 is 15.2 Å². The second kappa shape index (κ2) is 6.03. The van der Waals surface area contributed by atoms with Crippen molar-refractivity contribution in [2.24, 2.45) is 4.99 Å². The molecule has 3 aromatic rings. The van der Waals surface area contributed by atoms with E-state index >= 15 is 0 Å². The highest BCUT2D eigenvalue weighted by molar-refractivity contribution is 6.31. The Kier molecular flexibility index (Phi) is 3.70. The number of benzene rings is 2. The van der Waals surface area contributed by atoms with Gasteiger partial charge in [-0.1, -0.05) is 11.6 Å². The highest BCUT2D eigenvalue weighted by atomic mass is 35.5. The number of hydrogen-bond donors (Lipinski definition) is 2. The summed E-state index contributed by atoms with van der Waals surface area (Å²) in [6.07, 6.45) is 2.91. The Morgan fingerprint density at radius 1 is 1.12 bits per heavy atom. The van der Waals surface area contributed by atoms with Crippen LogP contribution in [0, 0.1) is 5.82 Å². The number of anilines is 2. The third-order valence-electron chi connectivity index (χ3n) is 3.51. The zero-order valence-electron chi connectivity index (χ0n) is 12.6. The molecule has 1 aliphatic heterocycles. The molecule has 0 radical (unpaired) electrons. The van der Waals surface area contributed by atoms with Crippen LogP contribution in [-0.2, 0) is 0 Å². The summed E-state index contributed by atoms with van der Waals surface area (Å²) in [7, 11) is 0.